The lowest BCUT2D eigenvalue weighted by Crippen LogP contribution is -2.50. The number of rotatable bonds is 6. The van der Waals surface area contributed by atoms with E-state index >= 15 is 0 Å². The summed E-state index contributed by atoms with van der Waals surface area (Å²) in [7, 11) is 3.58. The summed E-state index contributed by atoms with van der Waals surface area (Å²) in [6.45, 7) is 0.996. The predicted molar refractivity (Wildman–Crippen MR) is 103 cm³/mol. The van der Waals surface area contributed by atoms with E-state index in [1.807, 2.05) is 36.4 Å². The zero-order chi connectivity index (χ0) is 19.3. The van der Waals surface area contributed by atoms with Crippen LogP contribution in [-0.2, 0) is 11.2 Å². The number of hydrogen-bond acceptors (Lipinski definition) is 6. The Morgan fingerprint density at radius 1 is 1.30 bits per heavy atom. The average molecular weight is 370 g/mol. The molecule has 1 saturated heterocycles. The summed E-state index contributed by atoms with van der Waals surface area (Å²) < 4.78 is 5.33. The molecule has 1 fully saturated rings. The van der Waals surface area contributed by atoms with Crippen LogP contribution < -0.4 is 10.6 Å². The van der Waals surface area contributed by atoms with Crippen molar-refractivity contribution < 1.29 is 14.4 Å². The highest BCUT2D eigenvalue weighted by atomic mass is 16.5. The van der Waals surface area contributed by atoms with Crippen LogP contribution in [0.15, 0.2) is 52.8 Å². The smallest absolute Gasteiger partial charge is 0.230 e. The van der Waals surface area contributed by atoms with E-state index in [0.29, 0.717) is 31.7 Å². The molecule has 1 amide bonds. The number of piperidine rings is 1. The number of hydrogen-bond donors (Lipinski definition) is 3. The number of aromatic nitrogens is 1. The summed E-state index contributed by atoms with van der Waals surface area (Å²) in [5.41, 5.74) is 1.47. The topological polar surface area (TPSA) is 90.6 Å². The van der Waals surface area contributed by atoms with Gasteiger partial charge in [-0.2, -0.15) is 0 Å². The highest BCUT2D eigenvalue weighted by Gasteiger charge is 2.37. The number of aliphatic hydroxyl groups is 1. The molecule has 2 aromatic rings. The first-order valence-electron chi connectivity index (χ1n) is 9.12. The fraction of sp³-hybridized carbons (Fsp3) is 0.400. The molecule has 0 spiro atoms. The van der Waals surface area contributed by atoms with E-state index in [4.69, 9.17) is 4.52 Å². The van der Waals surface area contributed by atoms with Crippen molar-refractivity contribution in [2.45, 2.75) is 24.9 Å². The monoisotopic (exact) mass is 370 g/mol. The summed E-state index contributed by atoms with van der Waals surface area (Å²) in [6.07, 6.45) is 2.90. The van der Waals surface area contributed by atoms with Gasteiger partial charge >= 0.3 is 0 Å². The third kappa shape index (κ3) is 4.31. The fourth-order valence-electron chi connectivity index (χ4n) is 3.38. The molecule has 0 unspecified atom stereocenters. The first kappa shape index (κ1) is 19.0. The van der Waals surface area contributed by atoms with E-state index in [0.717, 1.165) is 17.0 Å². The van der Waals surface area contributed by atoms with E-state index in [-0.39, 0.29) is 12.3 Å². The van der Waals surface area contributed by atoms with Crippen molar-refractivity contribution in [1.82, 2.24) is 20.7 Å². The van der Waals surface area contributed by atoms with Gasteiger partial charge in [0, 0.05) is 45.0 Å². The number of carbonyl (C=O) groups excluding carboxylic acids is 1. The minimum atomic E-state index is -0.943. The largest absolute Gasteiger partial charge is 0.392 e. The van der Waals surface area contributed by atoms with Crippen LogP contribution in [0.3, 0.4) is 0 Å². The highest BCUT2D eigenvalue weighted by molar-refractivity contribution is 5.78. The van der Waals surface area contributed by atoms with Gasteiger partial charge in [-0.05, 0) is 12.8 Å². The molecule has 0 bridgehead atoms. The second-order valence-corrected chi connectivity index (χ2v) is 6.73. The van der Waals surface area contributed by atoms with E-state index in [1.54, 1.807) is 25.2 Å². The van der Waals surface area contributed by atoms with E-state index in [2.05, 4.69) is 15.8 Å². The molecule has 0 aliphatic carbocycles. The lowest BCUT2D eigenvalue weighted by atomic mass is 9.88. The molecular formula is C20H26N4O3. The van der Waals surface area contributed by atoms with Crippen LogP contribution in [0.5, 0.6) is 0 Å². The molecule has 3 N–H and O–H groups in total. The lowest BCUT2D eigenvalue weighted by Gasteiger charge is -2.39. The number of likely N-dealkylation sites (tertiary alicyclic amines) is 1. The van der Waals surface area contributed by atoms with Gasteiger partial charge in [0.2, 0.25) is 5.91 Å². The standard InChI is InChI=1S/C20H26N4O3/c1-21-14-18(22-2)20(26)8-10-24(11-9-20)19(25)13-16-12-17(23-27-16)15-6-4-3-5-7-15/h3-7,12,14,21-22,26H,8-11,13H2,1-2H3/b18-14-. The minimum absolute atomic E-state index is 0.0172. The van der Waals surface area contributed by atoms with Gasteiger partial charge in [-0.15, -0.1) is 0 Å². The Labute approximate surface area is 159 Å². The zero-order valence-electron chi connectivity index (χ0n) is 15.7. The maximum atomic E-state index is 12.6. The molecule has 1 aromatic heterocycles. The Morgan fingerprint density at radius 3 is 2.63 bits per heavy atom. The molecule has 0 atom stereocenters. The first-order valence-corrected chi connectivity index (χ1v) is 9.12. The van der Waals surface area contributed by atoms with Gasteiger partial charge in [-0.25, -0.2) is 0 Å². The van der Waals surface area contributed by atoms with Crippen LogP contribution in [0.2, 0.25) is 0 Å². The summed E-state index contributed by atoms with van der Waals surface area (Å²) >= 11 is 0. The Hall–Kier alpha value is -2.80. The Morgan fingerprint density at radius 2 is 2.00 bits per heavy atom. The van der Waals surface area contributed by atoms with Crippen molar-refractivity contribution in [1.29, 1.82) is 0 Å². The second-order valence-electron chi connectivity index (χ2n) is 6.73. The van der Waals surface area contributed by atoms with Gasteiger partial charge in [0.25, 0.3) is 0 Å². The van der Waals surface area contributed by atoms with Gasteiger partial charge < -0.3 is 25.2 Å². The van der Waals surface area contributed by atoms with E-state index in [9.17, 15) is 9.90 Å². The summed E-state index contributed by atoms with van der Waals surface area (Å²) in [6, 6.07) is 11.5. The quantitative estimate of drug-likeness (QED) is 0.714. The van der Waals surface area contributed by atoms with Crippen molar-refractivity contribution in [3.63, 3.8) is 0 Å². The zero-order valence-corrected chi connectivity index (χ0v) is 15.7. The van der Waals surface area contributed by atoms with E-state index < -0.39 is 5.60 Å². The van der Waals surface area contributed by atoms with Gasteiger partial charge in [0.15, 0.2) is 0 Å². The van der Waals surface area contributed by atoms with Crippen LogP contribution >= 0.6 is 0 Å². The Bertz CT molecular complexity index is 793. The molecule has 144 valence electrons. The first-order chi connectivity index (χ1) is 13.1. The predicted octanol–water partition coefficient (Wildman–Crippen LogP) is 1.52. The van der Waals surface area contributed by atoms with Gasteiger partial charge in [-0.1, -0.05) is 35.5 Å². The minimum Gasteiger partial charge on any atom is -0.392 e. The van der Waals surface area contributed by atoms with Crippen molar-refractivity contribution in [2.75, 3.05) is 27.2 Å². The number of likely N-dealkylation sites (N-methyl/N-ethyl adjacent to an activating group) is 1. The third-order valence-corrected chi connectivity index (χ3v) is 4.96. The number of amides is 1. The molecular weight excluding hydrogens is 344 g/mol. The number of carbonyl (C=O) groups is 1. The van der Waals surface area contributed by atoms with Gasteiger partial charge in [-0.3, -0.25) is 4.79 Å². The maximum Gasteiger partial charge on any atom is 0.230 e. The van der Waals surface area contributed by atoms with Gasteiger partial charge in [0.05, 0.1) is 12.1 Å². The molecule has 1 aromatic carbocycles. The Balaban J connectivity index is 1.59. The van der Waals surface area contributed by atoms with Crippen LogP contribution in [0.25, 0.3) is 11.3 Å². The fourth-order valence-corrected chi connectivity index (χ4v) is 3.38. The SMILES string of the molecule is CN/C=C(\NC)C1(O)CCN(C(=O)Cc2cc(-c3ccccc3)no2)CC1. The third-order valence-electron chi connectivity index (χ3n) is 4.96. The molecule has 1 aliphatic heterocycles. The van der Waals surface area contributed by atoms with Crippen LogP contribution in [0, 0.1) is 0 Å². The van der Waals surface area contributed by atoms with Crippen molar-refractivity contribution in [2.24, 2.45) is 0 Å². The van der Waals surface area contributed by atoms with Crippen LogP contribution in [-0.4, -0.2) is 53.9 Å². The number of benzene rings is 1. The normalized spacial score (nSPS) is 16.9. The number of nitrogens with one attached hydrogen (secondary N) is 2. The molecule has 27 heavy (non-hydrogen) atoms. The molecule has 3 rings (SSSR count). The number of nitrogens with zero attached hydrogens (tertiary/aromatic N) is 2. The van der Waals surface area contributed by atoms with Crippen LogP contribution in [0.4, 0.5) is 0 Å². The van der Waals surface area contributed by atoms with Gasteiger partial charge in [0.1, 0.15) is 17.1 Å². The van der Waals surface area contributed by atoms with Crippen molar-refractivity contribution in [3.8, 4) is 11.3 Å². The van der Waals surface area contributed by atoms with E-state index in [1.165, 1.54) is 0 Å². The summed E-state index contributed by atoms with van der Waals surface area (Å²) in [5.74, 6) is 0.530. The molecule has 0 radical (unpaired) electrons. The molecule has 2 heterocycles. The Kier molecular flexibility index (Phi) is 5.81. The molecule has 7 nitrogen and oxygen atoms in total. The highest BCUT2D eigenvalue weighted by Crippen LogP contribution is 2.28. The average Bonchev–Trinajstić information content (AvgIpc) is 3.15. The molecule has 1 aliphatic rings. The van der Waals surface area contributed by atoms with Crippen molar-refractivity contribution >= 4 is 5.91 Å². The van der Waals surface area contributed by atoms with Crippen LogP contribution in [0.1, 0.15) is 18.6 Å². The molecule has 7 heteroatoms. The maximum absolute atomic E-state index is 12.6. The second kappa shape index (κ2) is 8.26. The molecule has 0 saturated carbocycles. The summed E-state index contributed by atoms with van der Waals surface area (Å²) in [5, 5.41) is 20.9. The van der Waals surface area contributed by atoms with Crippen molar-refractivity contribution in [3.05, 3.63) is 54.1 Å². The lowest BCUT2D eigenvalue weighted by molar-refractivity contribution is -0.134. The summed E-state index contributed by atoms with van der Waals surface area (Å²) in [4.78, 5) is 14.4.